The van der Waals surface area contributed by atoms with E-state index >= 15 is 0 Å². The minimum atomic E-state index is -0.608. The molecule has 0 aromatic heterocycles. The van der Waals surface area contributed by atoms with Crippen LogP contribution in [0.4, 0.5) is 0 Å². The van der Waals surface area contributed by atoms with Crippen LogP contribution in [0.5, 0.6) is 5.75 Å². The highest BCUT2D eigenvalue weighted by Crippen LogP contribution is 2.28. The number of aryl methyl sites for hydroxylation is 1. The van der Waals surface area contributed by atoms with Gasteiger partial charge in [0.1, 0.15) is 18.5 Å². The first-order valence-corrected chi connectivity index (χ1v) is 9.22. The number of ether oxygens (including phenoxy) is 1. The molecule has 2 unspecified atom stereocenters. The largest absolute Gasteiger partial charge is 0.490 e. The maximum absolute atomic E-state index is 10.6. The highest BCUT2D eigenvalue weighted by molar-refractivity contribution is 5.35. The van der Waals surface area contributed by atoms with Crippen LogP contribution >= 0.6 is 0 Å². The van der Waals surface area contributed by atoms with Crippen LogP contribution in [0, 0.1) is 0 Å². The molecule has 0 amide bonds. The van der Waals surface area contributed by atoms with Crippen molar-refractivity contribution in [3.05, 3.63) is 65.7 Å². The van der Waals surface area contributed by atoms with E-state index in [4.69, 9.17) is 4.74 Å². The average molecular weight is 357 g/mol. The quantitative estimate of drug-likeness (QED) is 0.643. The number of rotatable bonds is 9. The van der Waals surface area contributed by atoms with E-state index < -0.39 is 12.2 Å². The predicted molar refractivity (Wildman–Crippen MR) is 105 cm³/mol. The van der Waals surface area contributed by atoms with Gasteiger partial charge in [-0.2, -0.15) is 0 Å². The lowest BCUT2D eigenvalue weighted by atomic mass is 10.0. The summed E-state index contributed by atoms with van der Waals surface area (Å²) in [4.78, 5) is 0. The van der Waals surface area contributed by atoms with Crippen LogP contribution in [-0.4, -0.2) is 35.0 Å². The summed E-state index contributed by atoms with van der Waals surface area (Å²) >= 11 is 0. The van der Waals surface area contributed by atoms with Crippen molar-refractivity contribution in [2.45, 2.75) is 51.4 Å². The Hall–Kier alpha value is -1.88. The molecule has 142 valence electrons. The maximum Gasteiger partial charge on any atom is 0.125 e. The highest BCUT2D eigenvalue weighted by atomic mass is 16.5. The smallest absolute Gasteiger partial charge is 0.125 e. The average Bonchev–Trinajstić information content (AvgIpc) is 2.63. The first-order chi connectivity index (χ1) is 12.3. The van der Waals surface area contributed by atoms with Gasteiger partial charge >= 0.3 is 0 Å². The van der Waals surface area contributed by atoms with E-state index in [2.05, 4.69) is 38.2 Å². The van der Waals surface area contributed by atoms with Gasteiger partial charge in [0.25, 0.3) is 0 Å². The Morgan fingerprint density at radius 3 is 2.31 bits per heavy atom. The summed E-state index contributed by atoms with van der Waals surface area (Å²) in [6.07, 6.45) is 0.215. The fourth-order valence-electron chi connectivity index (χ4n) is 2.66. The van der Waals surface area contributed by atoms with Crippen LogP contribution in [0.3, 0.4) is 0 Å². The number of hydrogen-bond donors (Lipinski definition) is 3. The normalized spacial score (nSPS) is 14.0. The lowest BCUT2D eigenvalue weighted by molar-refractivity contribution is 0.0960. The standard InChI is InChI=1S/C22H31NO3/c1-22(2,3)23-15-18(24)16-26-21-12-8-7-11-19(21)20(25)14-13-17-9-5-4-6-10-17/h4-12,18,20,23-25H,13-16H2,1-3H3. The first kappa shape index (κ1) is 20.4. The second-order valence-corrected chi connectivity index (χ2v) is 7.67. The molecule has 0 bridgehead atoms. The molecule has 2 aromatic rings. The molecule has 0 heterocycles. The topological polar surface area (TPSA) is 61.7 Å². The van der Waals surface area contributed by atoms with Gasteiger partial charge in [-0.1, -0.05) is 48.5 Å². The highest BCUT2D eigenvalue weighted by Gasteiger charge is 2.16. The van der Waals surface area contributed by atoms with Gasteiger partial charge < -0.3 is 20.3 Å². The number of para-hydroxylation sites is 1. The van der Waals surface area contributed by atoms with Gasteiger partial charge in [0, 0.05) is 17.6 Å². The summed E-state index contributed by atoms with van der Waals surface area (Å²) in [5.41, 5.74) is 1.92. The summed E-state index contributed by atoms with van der Waals surface area (Å²) < 4.78 is 5.79. The number of benzene rings is 2. The zero-order valence-electron chi connectivity index (χ0n) is 16.0. The summed E-state index contributed by atoms with van der Waals surface area (Å²) in [7, 11) is 0. The van der Waals surface area contributed by atoms with Crippen molar-refractivity contribution in [1.82, 2.24) is 5.32 Å². The van der Waals surface area contributed by atoms with E-state index in [0.717, 1.165) is 12.0 Å². The van der Waals surface area contributed by atoms with E-state index in [9.17, 15) is 10.2 Å². The minimum Gasteiger partial charge on any atom is -0.490 e. The number of hydrogen-bond acceptors (Lipinski definition) is 4. The van der Waals surface area contributed by atoms with Crippen LogP contribution in [0.15, 0.2) is 54.6 Å². The second kappa shape index (κ2) is 9.72. The van der Waals surface area contributed by atoms with Crippen LogP contribution < -0.4 is 10.1 Å². The molecule has 4 nitrogen and oxygen atoms in total. The van der Waals surface area contributed by atoms with Crippen molar-refractivity contribution in [3.63, 3.8) is 0 Å². The maximum atomic E-state index is 10.6. The monoisotopic (exact) mass is 357 g/mol. The number of β-amino-alcohol motifs (C(OH)–C–C–N with tert-alkyl or cyclic N) is 1. The zero-order chi connectivity index (χ0) is 19.0. The molecule has 3 N–H and O–H groups in total. The summed E-state index contributed by atoms with van der Waals surface area (Å²) in [5.74, 6) is 0.628. The Labute approximate surface area is 156 Å². The Bertz CT molecular complexity index is 652. The Kier molecular flexibility index (Phi) is 7.64. The van der Waals surface area contributed by atoms with Crippen LogP contribution in [-0.2, 0) is 6.42 Å². The third kappa shape index (κ3) is 7.16. The fraction of sp³-hybridized carbons (Fsp3) is 0.455. The van der Waals surface area contributed by atoms with Gasteiger partial charge in [-0.05, 0) is 45.2 Å². The number of aliphatic hydroxyl groups excluding tert-OH is 2. The summed E-state index contributed by atoms with van der Waals surface area (Å²) in [6.45, 7) is 6.81. The van der Waals surface area contributed by atoms with E-state index in [1.54, 1.807) is 0 Å². The van der Waals surface area contributed by atoms with Gasteiger partial charge in [0.2, 0.25) is 0 Å². The second-order valence-electron chi connectivity index (χ2n) is 7.67. The molecule has 0 fully saturated rings. The van der Waals surface area contributed by atoms with Crippen molar-refractivity contribution >= 4 is 0 Å². The summed E-state index contributed by atoms with van der Waals surface area (Å²) in [5, 5.41) is 23.9. The molecule has 0 saturated heterocycles. The molecular formula is C22H31NO3. The van der Waals surface area contributed by atoms with E-state index in [1.807, 2.05) is 42.5 Å². The van der Waals surface area contributed by atoms with Gasteiger partial charge in [0.15, 0.2) is 0 Å². The Balaban J connectivity index is 1.90. The molecule has 0 aliphatic carbocycles. The molecule has 2 aromatic carbocycles. The molecular weight excluding hydrogens is 326 g/mol. The SMILES string of the molecule is CC(C)(C)NCC(O)COc1ccccc1C(O)CCc1ccccc1. The lowest BCUT2D eigenvalue weighted by Gasteiger charge is -2.23. The van der Waals surface area contributed by atoms with Crippen molar-refractivity contribution in [2.75, 3.05) is 13.2 Å². The molecule has 0 aliphatic rings. The lowest BCUT2D eigenvalue weighted by Crippen LogP contribution is -2.42. The number of aliphatic hydroxyl groups is 2. The van der Waals surface area contributed by atoms with Crippen LogP contribution in [0.25, 0.3) is 0 Å². The van der Waals surface area contributed by atoms with Crippen molar-refractivity contribution in [1.29, 1.82) is 0 Å². The molecule has 0 aliphatic heterocycles. The van der Waals surface area contributed by atoms with Crippen LogP contribution in [0.2, 0.25) is 0 Å². The van der Waals surface area contributed by atoms with Gasteiger partial charge in [0.05, 0.1) is 6.10 Å². The molecule has 26 heavy (non-hydrogen) atoms. The molecule has 2 rings (SSSR count). The predicted octanol–water partition coefficient (Wildman–Crippen LogP) is 3.48. The molecule has 2 atom stereocenters. The van der Waals surface area contributed by atoms with Gasteiger partial charge in [-0.15, -0.1) is 0 Å². The zero-order valence-corrected chi connectivity index (χ0v) is 16.0. The first-order valence-electron chi connectivity index (χ1n) is 9.22. The molecule has 0 saturated carbocycles. The molecule has 0 radical (unpaired) electrons. The summed E-state index contributed by atoms with van der Waals surface area (Å²) in [6, 6.07) is 17.6. The minimum absolute atomic E-state index is 0.0491. The van der Waals surface area contributed by atoms with Gasteiger partial charge in [-0.3, -0.25) is 0 Å². The third-order valence-corrected chi connectivity index (χ3v) is 4.13. The number of nitrogens with one attached hydrogen (secondary N) is 1. The molecule has 0 spiro atoms. The van der Waals surface area contributed by atoms with E-state index in [0.29, 0.717) is 18.7 Å². The van der Waals surface area contributed by atoms with E-state index in [-0.39, 0.29) is 12.1 Å². The Morgan fingerprint density at radius 1 is 0.962 bits per heavy atom. The van der Waals surface area contributed by atoms with E-state index in [1.165, 1.54) is 5.56 Å². The molecule has 4 heteroatoms. The fourth-order valence-corrected chi connectivity index (χ4v) is 2.66. The Morgan fingerprint density at radius 2 is 1.62 bits per heavy atom. The third-order valence-electron chi connectivity index (χ3n) is 4.13. The van der Waals surface area contributed by atoms with Crippen molar-refractivity contribution in [3.8, 4) is 5.75 Å². The van der Waals surface area contributed by atoms with Crippen molar-refractivity contribution < 1.29 is 14.9 Å². The van der Waals surface area contributed by atoms with Gasteiger partial charge in [-0.25, -0.2) is 0 Å². The van der Waals surface area contributed by atoms with Crippen molar-refractivity contribution in [2.24, 2.45) is 0 Å². The van der Waals surface area contributed by atoms with Crippen LogP contribution in [0.1, 0.15) is 44.4 Å².